The van der Waals surface area contributed by atoms with E-state index >= 15 is 0 Å². The van der Waals surface area contributed by atoms with E-state index < -0.39 is 16.1 Å². The lowest BCUT2D eigenvalue weighted by molar-refractivity contribution is -0.122. The molecule has 0 spiro atoms. The Balaban J connectivity index is 1.68. The molecule has 2 saturated heterocycles. The molecule has 1 aromatic rings. The summed E-state index contributed by atoms with van der Waals surface area (Å²) in [6, 6.07) is 5.67. The Kier molecular flexibility index (Phi) is 5.34. The van der Waals surface area contributed by atoms with Crippen LogP contribution in [-0.2, 0) is 19.6 Å². The van der Waals surface area contributed by atoms with Crippen molar-refractivity contribution in [2.24, 2.45) is 11.8 Å². The average Bonchev–Trinajstić information content (AvgIpc) is 3.01. The standard InChI is InChI=1S/C18H25N3O4S/c1-12-9-13(2)11-21(10-12)26(24,25)15-5-3-14(4-6-15)19-18(23)16-7-8-17(22)20-16/h3-6,12-13,16H,7-11H2,1-2H3,(H,19,23)(H,20,22)/t12-,13-,16-/m0/s1. The zero-order valence-electron chi connectivity index (χ0n) is 15.1. The van der Waals surface area contributed by atoms with E-state index in [2.05, 4.69) is 24.5 Å². The van der Waals surface area contributed by atoms with Gasteiger partial charge in [0.1, 0.15) is 6.04 Å². The molecule has 3 rings (SSSR count). The Morgan fingerprint density at radius 1 is 1.15 bits per heavy atom. The highest BCUT2D eigenvalue weighted by Crippen LogP contribution is 2.27. The summed E-state index contributed by atoms with van der Waals surface area (Å²) in [4.78, 5) is 23.5. The molecule has 142 valence electrons. The quantitative estimate of drug-likeness (QED) is 0.830. The summed E-state index contributed by atoms with van der Waals surface area (Å²) in [7, 11) is -3.53. The summed E-state index contributed by atoms with van der Waals surface area (Å²) in [5.41, 5.74) is 0.510. The maximum atomic E-state index is 12.8. The van der Waals surface area contributed by atoms with Crippen LogP contribution in [0, 0.1) is 11.8 Å². The predicted octanol–water partition coefficient (Wildman–Crippen LogP) is 1.57. The molecule has 2 amide bonds. The number of sulfonamides is 1. The monoisotopic (exact) mass is 379 g/mol. The fourth-order valence-corrected chi connectivity index (χ4v) is 5.38. The Labute approximate surface area is 154 Å². The third-order valence-corrected chi connectivity index (χ3v) is 6.75. The Morgan fingerprint density at radius 3 is 2.31 bits per heavy atom. The molecular formula is C18H25N3O4S. The van der Waals surface area contributed by atoms with Crippen molar-refractivity contribution in [2.45, 2.75) is 44.0 Å². The molecule has 2 fully saturated rings. The van der Waals surface area contributed by atoms with Crippen molar-refractivity contribution in [1.29, 1.82) is 0 Å². The number of benzene rings is 1. The van der Waals surface area contributed by atoms with Crippen molar-refractivity contribution in [1.82, 2.24) is 9.62 Å². The highest BCUT2D eigenvalue weighted by molar-refractivity contribution is 7.89. The van der Waals surface area contributed by atoms with E-state index in [9.17, 15) is 18.0 Å². The van der Waals surface area contributed by atoms with Gasteiger partial charge in [-0.15, -0.1) is 0 Å². The minimum atomic E-state index is -3.53. The number of nitrogens with zero attached hydrogens (tertiary/aromatic N) is 1. The molecule has 2 N–H and O–H groups in total. The van der Waals surface area contributed by atoms with Gasteiger partial charge in [0.25, 0.3) is 0 Å². The smallest absolute Gasteiger partial charge is 0.246 e. The Bertz CT molecular complexity index is 781. The lowest BCUT2D eigenvalue weighted by Crippen LogP contribution is -2.42. The second-order valence-corrected chi connectivity index (χ2v) is 9.38. The lowest BCUT2D eigenvalue weighted by atomic mass is 9.94. The summed E-state index contributed by atoms with van der Waals surface area (Å²) >= 11 is 0. The van der Waals surface area contributed by atoms with Crippen LogP contribution in [-0.4, -0.2) is 43.7 Å². The molecule has 26 heavy (non-hydrogen) atoms. The maximum absolute atomic E-state index is 12.8. The molecule has 0 saturated carbocycles. The van der Waals surface area contributed by atoms with Crippen molar-refractivity contribution in [3.05, 3.63) is 24.3 Å². The summed E-state index contributed by atoms with van der Waals surface area (Å²) in [5.74, 6) is 0.268. The first-order chi connectivity index (χ1) is 12.3. The first-order valence-corrected chi connectivity index (χ1v) is 10.4. The number of carbonyl (C=O) groups excluding carboxylic acids is 2. The summed E-state index contributed by atoms with van der Waals surface area (Å²) in [6.07, 6.45) is 1.86. The fourth-order valence-electron chi connectivity index (χ4n) is 3.70. The van der Waals surface area contributed by atoms with Gasteiger partial charge in [-0.25, -0.2) is 8.42 Å². The molecular weight excluding hydrogens is 354 g/mol. The molecule has 0 bridgehead atoms. The molecule has 0 radical (unpaired) electrons. The second-order valence-electron chi connectivity index (χ2n) is 7.44. The molecule has 0 aromatic heterocycles. The summed E-state index contributed by atoms with van der Waals surface area (Å²) in [5, 5.41) is 5.32. The molecule has 2 heterocycles. The summed E-state index contributed by atoms with van der Waals surface area (Å²) < 4.78 is 27.2. The minimum absolute atomic E-state index is 0.128. The van der Waals surface area contributed by atoms with Crippen LogP contribution in [0.2, 0.25) is 0 Å². The molecule has 3 atom stereocenters. The topological polar surface area (TPSA) is 95.6 Å². The van der Waals surface area contributed by atoms with Crippen LogP contribution in [0.15, 0.2) is 29.2 Å². The molecule has 2 aliphatic rings. The van der Waals surface area contributed by atoms with Gasteiger partial charge in [0.2, 0.25) is 21.8 Å². The van der Waals surface area contributed by atoms with E-state index in [1.54, 1.807) is 16.4 Å². The van der Waals surface area contributed by atoms with Crippen molar-refractivity contribution in [2.75, 3.05) is 18.4 Å². The highest BCUT2D eigenvalue weighted by atomic mass is 32.2. The van der Waals surface area contributed by atoms with Crippen LogP contribution in [0.1, 0.15) is 33.1 Å². The SMILES string of the molecule is C[C@H]1C[C@H](C)CN(S(=O)(=O)c2ccc(NC(=O)[C@@H]3CCC(=O)N3)cc2)C1. The van der Waals surface area contributed by atoms with Crippen LogP contribution < -0.4 is 10.6 Å². The van der Waals surface area contributed by atoms with Gasteiger partial charge in [0, 0.05) is 25.2 Å². The number of nitrogens with one attached hydrogen (secondary N) is 2. The Hall–Kier alpha value is -1.93. The first-order valence-electron chi connectivity index (χ1n) is 8.96. The number of carbonyl (C=O) groups is 2. The van der Waals surface area contributed by atoms with Crippen LogP contribution >= 0.6 is 0 Å². The zero-order valence-corrected chi connectivity index (χ0v) is 15.9. The summed E-state index contributed by atoms with van der Waals surface area (Å²) in [6.45, 7) is 5.20. The maximum Gasteiger partial charge on any atom is 0.246 e. The Morgan fingerprint density at radius 2 is 1.77 bits per heavy atom. The normalized spacial score (nSPS) is 27.2. The number of hydrogen-bond donors (Lipinski definition) is 2. The van der Waals surface area contributed by atoms with Crippen LogP contribution in [0.5, 0.6) is 0 Å². The van der Waals surface area contributed by atoms with Gasteiger partial charge in [0.05, 0.1) is 4.90 Å². The van der Waals surface area contributed by atoms with Crippen molar-refractivity contribution >= 4 is 27.5 Å². The van der Waals surface area contributed by atoms with E-state index in [4.69, 9.17) is 0 Å². The van der Waals surface area contributed by atoms with Gasteiger partial charge in [0.15, 0.2) is 0 Å². The van der Waals surface area contributed by atoms with Gasteiger partial charge >= 0.3 is 0 Å². The number of rotatable bonds is 4. The fraction of sp³-hybridized carbons (Fsp3) is 0.556. The number of anilines is 1. The third kappa shape index (κ3) is 4.07. The van der Waals surface area contributed by atoms with Gasteiger partial charge in [-0.1, -0.05) is 13.8 Å². The van der Waals surface area contributed by atoms with Crippen LogP contribution in [0.4, 0.5) is 5.69 Å². The molecule has 8 heteroatoms. The van der Waals surface area contributed by atoms with Crippen LogP contribution in [0.25, 0.3) is 0 Å². The molecule has 7 nitrogen and oxygen atoms in total. The van der Waals surface area contributed by atoms with E-state index in [1.165, 1.54) is 12.1 Å². The van der Waals surface area contributed by atoms with Gasteiger partial charge in [-0.05, 0) is 48.9 Å². The number of hydrogen-bond acceptors (Lipinski definition) is 4. The van der Waals surface area contributed by atoms with Crippen molar-refractivity contribution < 1.29 is 18.0 Å². The number of amides is 2. The van der Waals surface area contributed by atoms with Crippen molar-refractivity contribution in [3.63, 3.8) is 0 Å². The number of piperidine rings is 1. The van der Waals surface area contributed by atoms with E-state index in [1.807, 2.05) is 0 Å². The van der Waals surface area contributed by atoms with E-state index in [-0.39, 0.29) is 16.7 Å². The lowest BCUT2D eigenvalue weighted by Gasteiger charge is -2.34. The van der Waals surface area contributed by atoms with E-state index in [0.717, 1.165) is 6.42 Å². The van der Waals surface area contributed by atoms with Crippen LogP contribution in [0.3, 0.4) is 0 Å². The average molecular weight is 379 g/mol. The van der Waals surface area contributed by atoms with E-state index in [0.29, 0.717) is 43.5 Å². The first kappa shape index (κ1) is 18.8. The molecule has 0 aliphatic carbocycles. The third-order valence-electron chi connectivity index (χ3n) is 4.91. The zero-order chi connectivity index (χ0) is 18.9. The molecule has 2 aliphatic heterocycles. The van der Waals surface area contributed by atoms with Gasteiger partial charge in [-0.3, -0.25) is 9.59 Å². The second kappa shape index (κ2) is 7.36. The largest absolute Gasteiger partial charge is 0.344 e. The highest BCUT2D eigenvalue weighted by Gasteiger charge is 2.32. The predicted molar refractivity (Wildman–Crippen MR) is 97.9 cm³/mol. The molecule has 1 aromatic carbocycles. The minimum Gasteiger partial charge on any atom is -0.344 e. The van der Waals surface area contributed by atoms with Crippen molar-refractivity contribution in [3.8, 4) is 0 Å². The van der Waals surface area contributed by atoms with Gasteiger partial charge in [-0.2, -0.15) is 4.31 Å². The van der Waals surface area contributed by atoms with Gasteiger partial charge < -0.3 is 10.6 Å². The molecule has 0 unspecified atom stereocenters.